The largest absolute Gasteiger partial charge is 0.494 e. The van der Waals surface area contributed by atoms with Crippen molar-refractivity contribution in [1.82, 2.24) is 0 Å². The molecule has 2 N–H and O–H groups in total. The van der Waals surface area contributed by atoms with Crippen LogP contribution in [0.15, 0.2) is 42.5 Å². The van der Waals surface area contributed by atoms with Crippen LogP contribution < -0.4 is 4.74 Å². The van der Waals surface area contributed by atoms with Crippen molar-refractivity contribution in [3.63, 3.8) is 0 Å². The van der Waals surface area contributed by atoms with Crippen LogP contribution in [0.1, 0.15) is 29.7 Å². The molecule has 0 radical (unpaired) electrons. The van der Waals surface area contributed by atoms with Crippen LogP contribution in [0.5, 0.6) is 5.75 Å². The van der Waals surface area contributed by atoms with E-state index in [9.17, 15) is 10.2 Å². The minimum absolute atomic E-state index is 0.0581. The summed E-state index contributed by atoms with van der Waals surface area (Å²) in [5.41, 5.74) is 2.93. The van der Waals surface area contributed by atoms with Crippen LogP contribution in [0.25, 0.3) is 0 Å². The Bertz CT molecular complexity index is 749. The van der Waals surface area contributed by atoms with Gasteiger partial charge >= 0.3 is 0 Å². The number of hydrogen-bond acceptors (Lipinski definition) is 5. The molecule has 146 valence electrons. The van der Waals surface area contributed by atoms with Crippen molar-refractivity contribution in [2.24, 2.45) is 0 Å². The summed E-state index contributed by atoms with van der Waals surface area (Å²) in [6.07, 6.45) is -2.41. The average molecular weight is 393 g/mol. The first-order valence-corrected chi connectivity index (χ1v) is 9.42. The van der Waals surface area contributed by atoms with Crippen LogP contribution in [-0.4, -0.2) is 48.8 Å². The lowest BCUT2D eigenvalue weighted by Crippen LogP contribution is -2.49. The number of aliphatic hydroxyl groups excluding tert-OH is 2. The Morgan fingerprint density at radius 2 is 1.89 bits per heavy atom. The summed E-state index contributed by atoms with van der Waals surface area (Å²) in [5.74, 6) is 0.840. The van der Waals surface area contributed by atoms with Crippen LogP contribution in [0.3, 0.4) is 0 Å². The van der Waals surface area contributed by atoms with Crippen LogP contribution in [0, 0.1) is 0 Å². The molecule has 6 heteroatoms. The molecule has 0 amide bonds. The van der Waals surface area contributed by atoms with Gasteiger partial charge in [-0.05, 0) is 48.2 Å². The van der Waals surface area contributed by atoms with Gasteiger partial charge in [-0.3, -0.25) is 0 Å². The molecular formula is C21H25ClO5. The van der Waals surface area contributed by atoms with Gasteiger partial charge in [0.25, 0.3) is 0 Å². The quantitative estimate of drug-likeness (QED) is 0.790. The molecule has 4 atom stereocenters. The van der Waals surface area contributed by atoms with Crippen LogP contribution in [0.4, 0.5) is 0 Å². The van der Waals surface area contributed by atoms with Gasteiger partial charge in [0.05, 0.1) is 13.2 Å². The fraction of sp³-hybridized carbons (Fsp3) is 0.429. The molecule has 2 aromatic rings. The van der Waals surface area contributed by atoms with E-state index in [-0.39, 0.29) is 6.61 Å². The Morgan fingerprint density at radius 3 is 2.56 bits per heavy atom. The maximum absolute atomic E-state index is 10.2. The van der Waals surface area contributed by atoms with E-state index < -0.39 is 24.4 Å². The molecule has 0 saturated carbocycles. The summed E-state index contributed by atoms with van der Waals surface area (Å²) in [5, 5.41) is 20.7. The molecule has 1 saturated heterocycles. The highest BCUT2D eigenvalue weighted by atomic mass is 35.5. The number of ether oxygens (including phenoxy) is 3. The van der Waals surface area contributed by atoms with Crippen molar-refractivity contribution >= 4 is 11.6 Å². The number of rotatable bonds is 6. The first-order valence-electron chi connectivity index (χ1n) is 9.04. The molecule has 27 heavy (non-hydrogen) atoms. The van der Waals surface area contributed by atoms with E-state index in [1.54, 1.807) is 0 Å². The molecule has 1 fully saturated rings. The van der Waals surface area contributed by atoms with E-state index in [0.717, 1.165) is 22.4 Å². The molecule has 1 aliphatic rings. The van der Waals surface area contributed by atoms with Crippen LogP contribution >= 0.6 is 11.6 Å². The monoisotopic (exact) mass is 392 g/mol. The molecule has 1 aliphatic heterocycles. The molecule has 0 spiro atoms. The summed E-state index contributed by atoms with van der Waals surface area (Å²) < 4.78 is 16.6. The molecule has 0 aliphatic carbocycles. The Labute approximate surface area is 164 Å². The summed E-state index contributed by atoms with van der Waals surface area (Å²) in [6, 6.07) is 13.6. The van der Waals surface area contributed by atoms with Gasteiger partial charge in [0.1, 0.15) is 30.2 Å². The SMILES string of the molecule is CCOc1ccc(Cc2cc([C@@H]3OC[C@@H](O)[C@H](O)[C@H]3OC)ccc2Cl)cc1. The van der Waals surface area contributed by atoms with Crippen molar-refractivity contribution in [2.75, 3.05) is 20.3 Å². The van der Waals surface area contributed by atoms with Gasteiger partial charge in [-0.25, -0.2) is 0 Å². The summed E-state index contributed by atoms with van der Waals surface area (Å²) >= 11 is 6.40. The Balaban J connectivity index is 1.81. The maximum Gasteiger partial charge on any atom is 0.119 e. The number of hydrogen-bond donors (Lipinski definition) is 2. The van der Waals surface area contributed by atoms with Gasteiger partial charge in [0.2, 0.25) is 0 Å². The van der Waals surface area contributed by atoms with Crippen molar-refractivity contribution in [1.29, 1.82) is 0 Å². The lowest BCUT2D eigenvalue weighted by molar-refractivity contribution is -0.198. The topological polar surface area (TPSA) is 68.2 Å². The van der Waals surface area contributed by atoms with Gasteiger partial charge in [0.15, 0.2) is 0 Å². The highest BCUT2D eigenvalue weighted by Crippen LogP contribution is 2.33. The molecule has 0 bridgehead atoms. The molecule has 0 unspecified atom stereocenters. The van der Waals surface area contributed by atoms with Gasteiger partial charge < -0.3 is 24.4 Å². The second-order valence-corrected chi connectivity index (χ2v) is 7.02. The fourth-order valence-corrected chi connectivity index (χ4v) is 3.52. The summed E-state index contributed by atoms with van der Waals surface area (Å²) in [6.45, 7) is 2.65. The standard InChI is InChI=1S/C21H25ClO5/c1-3-26-16-7-4-13(5-8-16)10-15-11-14(6-9-17(15)22)20-21(25-2)19(24)18(23)12-27-20/h4-9,11,18-21,23-24H,3,10,12H2,1-2H3/t18-,19+,20+,21-/m1/s1. The van der Waals surface area contributed by atoms with Crippen LogP contribution in [0.2, 0.25) is 5.02 Å². The van der Waals surface area contributed by atoms with E-state index in [1.165, 1.54) is 7.11 Å². The molecular weight excluding hydrogens is 368 g/mol. The van der Waals surface area contributed by atoms with Crippen molar-refractivity contribution in [3.8, 4) is 5.75 Å². The molecule has 3 rings (SSSR count). The highest BCUT2D eigenvalue weighted by molar-refractivity contribution is 6.31. The normalized spacial score (nSPS) is 25.4. The van der Waals surface area contributed by atoms with E-state index in [4.69, 9.17) is 25.8 Å². The maximum atomic E-state index is 10.2. The van der Waals surface area contributed by atoms with Crippen molar-refractivity contribution in [2.45, 2.75) is 37.8 Å². The van der Waals surface area contributed by atoms with Gasteiger partial charge in [-0.2, -0.15) is 0 Å². The zero-order valence-corrected chi connectivity index (χ0v) is 16.2. The third-order valence-corrected chi connectivity index (χ3v) is 5.14. The Hall–Kier alpha value is -1.63. The highest BCUT2D eigenvalue weighted by Gasteiger charge is 2.39. The first-order chi connectivity index (χ1) is 13.0. The minimum Gasteiger partial charge on any atom is -0.494 e. The second-order valence-electron chi connectivity index (χ2n) is 6.62. The number of aliphatic hydroxyl groups is 2. The van der Waals surface area contributed by atoms with E-state index in [0.29, 0.717) is 18.1 Å². The predicted molar refractivity (Wildman–Crippen MR) is 103 cm³/mol. The van der Waals surface area contributed by atoms with Gasteiger partial charge in [0, 0.05) is 12.1 Å². The van der Waals surface area contributed by atoms with E-state index in [2.05, 4.69) is 0 Å². The smallest absolute Gasteiger partial charge is 0.119 e. The lowest BCUT2D eigenvalue weighted by Gasteiger charge is -2.37. The average Bonchev–Trinajstić information content (AvgIpc) is 2.67. The van der Waals surface area contributed by atoms with Crippen LogP contribution in [-0.2, 0) is 15.9 Å². The Morgan fingerprint density at radius 1 is 1.15 bits per heavy atom. The zero-order chi connectivity index (χ0) is 19.4. The van der Waals surface area contributed by atoms with Crippen molar-refractivity contribution < 1.29 is 24.4 Å². The minimum atomic E-state index is -1.00. The lowest BCUT2D eigenvalue weighted by atomic mass is 9.92. The molecule has 0 aromatic heterocycles. The molecule has 1 heterocycles. The molecule has 2 aromatic carbocycles. The van der Waals surface area contributed by atoms with Gasteiger partial charge in [-0.15, -0.1) is 0 Å². The number of halogens is 1. The zero-order valence-electron chi connectivity index (χ0n) is 15.5. The fourth-order valence-electron chi connectivity index (χ4n) is 3.34. The van der Waals surface area contributed by atoms with Gasteiger partial charge in [-0.1, -0.05) is 35.9 Å². The summed E-state index contributed by atoms with van der Waals surface area (Å²) in [4.78, 5) is 0. The third-order valence-electron chi connectivity index (χ3n) is 4.78. The Kier molecular flexibility index (Phi) is 6.73. The first kappa shape index (κ1) is 20.1. The van der Waals surface area contributed by atoms with Crippen molar-refractivity contribution in [3.05, 3.63) is 64.2 Å². The molecule has 5 nitrogen and oxygen atoms in total. The van der Waals surface area contributed by atoms with E-state index >= 15 is 0 Å². The second kappa shape index (κ2) is 9.04. The van der Waals surface area contributed by atoms with E-state index in [1.807, 2.05) is 49.4 Å². The third kappa shape index (κ3) is 4.62. The number of methoxy groups -OCH3 is 1. The summed E-state index contributed by atoms with van der Waals surface area (Å²) in [7, 11) is 1.50. The predicted octanol–water partition coefficient (Wildman–Crippen LogP) is 3.14. The number of benzene rings is 2.